The van der Waals surface area contributed by atoms with E-state index in [-0.39, 0.29) is 0 Å². The van der Waals surface area contributed by atoms with Crippen LogP contribution < -0.4 is 10.1 Å². The molecule has 0 spiro atoms. The SMILES string of the molecule is CCc1cccc(Oc2ccccc2CNCCOC)c1. The first-order valence-corrected chi connectivity index (χ1v) is 7.38. The number of nitrogens with one attached hydrogen (secondary N) is 1. The van der Waals surface area contributed by atoms with Crippen molar-refractivity contribution in [1.82, 2.24) is 5.32 Å². The maximum atomic E-state index is 6.04. The zero-order valence-electron chi connectivity index (χ0n) is 12.8. The normalized spacial score (nSPS) is 10.6. The van der Waals surface area contributed by atoms with Crippen LogP contribution in [0.3, 0.4) is 0 Å². The number of aryl methyl sites for hydroxylation is 1. The minimum Gasteiger partial charge on any atom is -0.457 e. The van der Waals surface area contributed by atoms with Crippen LogP contribution >= 0.6 is 0 Å². The van der Waals surface area contributed by atoms with Gasteiger partial charge in [0, 0.05) is 25.8 Å². The molecule has 2 aromatic carbocycles. The van der Waals surface area contributed by atoms with Gasteiger partial charge in [-0.05, 0) is 30.2 Å². The molecule has 0 unspecified atom stereocenters. The molecule has 2 rings (SSSR count). The first kappa shape index (κ1) is 15.5. The molecular formula is C18H23NO2. The average molecular weight is 285 g/mol. The van der Waals surface area contributed by atoms with Crippen LogP contribution in [-0.2, 0) is 17.7 Å². The van der Waals surface area contributed by atoms with E-state index in [1.54, 1.807) is 7.11 Å². The zero-order chi connectivity index (χ0) is 14.9. The third-order valence-electron chi connectivity index (χ3n) is 3.31. The lowest BCUT2D eigenvalue weighted by Crippen LogP contribution is -2.18. The Kier molecular flexibility index (Phi) is 6.25. The Bertz CT molecular complexity index is 554. The van der Waals surface area contributed by atoms with E-state index in [1.165, 1.54) is 5.56 Å². The molecule has 0 aliphatic heterocycles. The van der Waals surface area contributed by atoms with E-state index in [4.69, 9.17) is 9.47 Å². The lowest BCUT2D eigenvalue weighted by atomic mass is 10.1. The highest BCUT2D eigenvalue weighted by atomic mass is 16.5. The van der Waals surface area contributed by atoms with Gasteiger partial charge in [0.1, 0.15) is 11.5 Å². The van der Waals surface area contributed by atoms with Crippen molar-refractivity contribution in [3.05, 3.63) is 59.7 Å². The molecule has 0 amide bonds. The van der Waals surface area contributed by atoms with Crippen molar-refractivity contribution < 1.29 is 9.47 Å². The first-order chi connectivity index (χ1) is 10.3. The van der Waals surface area contributed by atoms with Crippen LogP contribution in [0.2, 0.25) is 0 Å². The minimum atomic E-state index is 0.710. The summed E-state index contributed by atoms with van der Waals surface area (Å²) in [6.07, 6.45) is 1.01. The lowest BCUT2D eigenvalue weighted by molar-refractivity contribution is 0.199. The van der Waals surface area contributed by atoms with E-state index >= 15 is 0 Å². The van der Waals surface area contributed by atoms with Gasteiger partial charge in [-0.2, -0.15) is 0 Å². The summed E-state index contributed by atoms with van der Waals surface area (Å²) in [7, 11) is 1.71. The predicted octanol–water partition coefficient (Wildman–Crippen LogP) is 3.78. The fourth-order valence-electron chi connectivity index (χ4n) is 2.10. The quantitative estimate of drug-likeness (QED) is 0.749. The fraction of sp³-hybridized carbons (Fsp3) is 0.333. The summed E-state index contributed by atoms with van der Waals surface area (Å²) in [6, 6.07) is 16.4. The molecule has 2 aromatic rings. The summed E-state index contributed by atoms with van der Waals surface area (Å²) in [6.45, 7) is 4.46. The Morgan fingerprint density at radius 2 is 1.90 bits per heavy atom. The van der Waals surface area contributed by atoms with Crippen molar-refractivity contribution in [3.63, 3.8) is 0 Å². The predicted molar refractivity (Wildman–Crippen MR) is 85.9 cm³/mol. The van der Waals surface area contributed by atoms with Gasteiger partial charge in [-0.1, -0.05) is 37.3 Å². The number of hydrogen-bond donors (Lipinski definition) is 1. The maximum absolute atomic E-state index is 6.04. The van der Waals surface area contributed by atoms with E-state index in [0.717, 1.165) is 36.6 Å². The molecule has 3 heteroatoms. The van der Waals surface area contributed by atoms with Gasteiger partial charge in [0.05, 0.1) is 6.61 Å². The molecule has 21 heavy (non-hydrogen) atoms. The van der Waals surface area contributed by atoms with E-state index in [1.807, 2.05) is 30.3 Å². The summed E-state index contributed by atoms with van der Waals surface area (Å²) in [5, 5.41) is 3.35. The second kappa shape index (κ2) is 8.45. The number of para-hydroxylation sites is 1. The highest BCUT2D eigenvalue weighted by Gasteiger charge is 2.04. The maximum Gasteiger partial charge on any atom is 0.131 e. The molecule has 0 saturated heterocycles. The smallest absolute Gasteiger partial charge is 0.131 e. The van der Waals surface area contributed by atoms with Gasteiger partial charge < -0.3 is 14.8 Å². The largest absolute Gasteiger partial charge is 0.457 e. The van der Waals surface area contributed by atoms with Crippen LogP contribution in [0.15, 0.2) is 48.5 Å². The summed E-state index contributed by atoms with van der Waals surface area (Å²) in [5.74, 6) is 1.79. The van der Waals surface area contributed by atoms with Gasteiger partial charge in [-0.15, -0.1) is 0 Å². The van der Waals surface area contributed by atoms with Crippen molar-refractivity contribution in [1.29, 1.82) is 0 Å². The molecule has 3 nitrogen and oxygen atoms in total. The van der Waals surface area contributed by atoms with Crippen LogP contribution in [0.5, 0.6) is 11.5 Å². The highest BCUT2D eigenvalue weighted by molar-refractivity contribution is 5.39. The average Bonchev–Trinajstić information content (AvgIpc) is 2.53. The van der Waals surface area contributed by atoms with Crippen LogP contribution in [0.25, 0.3) is 0 Å². The minimum absolute atomic E-state index is 0.710. The molecular weight excluding hydrogens is 262 g/mol. The van der Waals surface area contributed by atoms with Gasteiger partial charge in [0.25, 0.3) is 0 Å². The molecule has 0 bridgehead atoms. The summed E-state index contributed by atoms with van der Waals surface area (Å²) >= 11 is 0. The molecule has 0 aliphatic carbocycles. The number of rotatable bonds is 8. The Morgan fingerprint density at radius 3 is 2.71 bits per heavy atom. The zero-order valence-corrected chi connectivity index (χ0v) is 12.8. The Hall–Kier alpha value is -1.84. The summed E-state index contributed by atoms with van der Waals surface area (Å²) < 4.78 is 11.1. The molecule has 0 atom stereocenters. The van der Waals surface area contributed by atoms with Gasteiger partial charge >= 0.3 is 0 Å². The van der Waals surface area contributed by atoms with Crippen molar-refractivity contribution in [2.24, 2.45) is 0 Å². The van der Waals surface area contributed by atoms with Crippen LogP contribution in [0.1, 0.15) is 18.1 Å². The molecule has 0 aliphatic rings. The third-order valence-corrected chi connectivity index (χ3v) is 3.31. The van der Waals surface area contributed by atoms with Crippen molar-refractivity contribution in [2.45, 2.75) is 19.9 Å². The van der Waals surface area contributed by atoms with E-state index in [0.29, 0.717) is 6.61 Å². The number of benzene rings is 2. The van der Waals surface area contributed by atoms with Crippen LogP contribution in [0.4, 0.5) is 0 Å². The standard InChI is InChI=1S/C18H23NO2/c1-3-15-7-6-9-17(13-15)21-18-10-5-4-8-16(18)14-19-11-12-20-2/h4-10,13,19H,3,11-12,14H2,1-2H3. The number of ether oxygens (including phenoxy) is 2. The van der Waals surface area contributed by atoms with Gasteiger partial charge in [-0.3, -0.25) is 0 Å². The Morgan fingerprint density at radius 1 is 1.05 bits per heavy atom. The third kappa shape index (κ3) is 4.88. The van der Waals surface area contributed by atoms with E-state index in [9.17, 15) is 0 Å². The molecule has 0 heterocycles. The molecule has 0 aromatic heterocycles. The van der Waals surface area contributed by atoms with E-state index in [2.05, 4.69) is 30.4 Å². The van der Waals surface area contributed by atoms with Gasteiger partial charge in [-0.25, -0.2) is 0 Å². The fourth-order valence-corrected chi connectivity index (χ4v) is 2.10. The first-order valence-electron chi connectivity index (χ1n) is 7.38. The monoisotopic (exact) mass is 285 g/mol. The molecule has 1 N–H and O–H groups in total. The topological polar surface area (TPSA) is 30.5 Å². The van der Waals surface area contributed by atoms with Crippen molar-refractivity contribution >= 4 is 0 Å². The second-order valence-electron chi connectivity index (χ2n) is 4.88. The van der Waals surface area contributed by atoms with Gasteiger partial charge in [0.2, 0.25) is 0 Å². The van der Waals surface area contributed by atoms with Crippen molar-refractivity contribution in [3.8, 4) is 11.5 Å². The van der Waals surface area contributed by atoms with Crippen LogP contribution in [0, 0.1) is 0 Å². The molecule has 0 radical (unpaired) electrons. The summed E-state index contributed by atoms with van der Waals surface area (Å²) in [4.78, 5) is 0. The van der Waals surface area contributed by atoms with Crippen molar-refractivity contribution in [2.75, 3.05) is 20.3 Å². The Balaban J connectivity index is 2.05. The molecule has 112 valence electrons. The number of hydrogen-bond acceptors (Lipinski definition) is 3. The molecule has 0 fully saturated rings. The molecule has 0 saturated carbocycles. The second-order valence-corrected chi connectivity index (χ2v) is 4.88. The van der Waals surface area contributed by atoms with Crippen LogP contribution in [-0.4, -0.2) is 20.3 Å². The summed E-state index contributed by atoms with van der Waals surface area (Å²) in [5.41, 5.74) is 2.43. The highest BCUT2D eigenvalue weighted by Crippen LogP contribution is 2.26. The Labute approximate surface area is 126 Å². The lowest BCUT2D eigenvalue weighted by Gasteiger charge is -2.12. The number of methoxy groups -OCH3 is 1. The van der Waals surface area contributed by atoms with E-state index < -0.39 is 0 Å². The van der Waals surface area contributed by atoms with Gasteiger partial charge in [0.15, 0.2) is 0 Å².